The predicted molar refractivity (Wildman–Crippen MR) is 81.7 cm³/mol. The zero-order valence-corrected chi connectivity index (χ0v) is 13.0. The van der Waals surface area contributed by atoms with Crippen molar-refractivity contribution in [1.82, 2.24) is 9.71 Å². The summed E-state index contributed by atoms with van der Waals surface area (Å²) in [6.45, 7) is 2.56. The molecule has 0 saturated heterocycles. The highest BCUT2D eigenvalue weighted by molar-refractivity contribution is 7.91. The molecule has 0 aliphatic rings. The Bertz CT molecular complexity index is 745. The summed E-state index contributed by atoms with van der Waals surface area (Å²) in [7, 11) is -3.43. The Kier molecular flexibility index (Phi) is 4.90. The summed E-state index contributed by atoms with van der Waals surface area (Å²) in [5.41, 5.74) is 1.08. The number of nitriles is 1. The fraction of sp³-hybridized carbons (Fsp3) is 0.231. The number of hydrogen-bond acceptors (Lipinski definition) is 6. The lowest BCUT2D eigenvalue weighted by Crippen LogP contribution is -2.28. The first-order chi connectivity index (χ1) is 10.0. The molecule has 8 heteroatoms. The molecule has 0 bridgehead atoms. The Morgan fingerprint density at radius 1 is 1.29 bits per heavy atom. The molecule has 110 valence electrons. The van der Waals surface area contributed by atoms with Gasteiger partial charge in [-0.2, -0.15) is 5.26 Å². The van der Waals surface area contributed by atoms with Crippen molar-refractivity contribution >= 4 is 27.0 Å². The number of nitrogens with zero attached hydrogens (tertiary/aromatic N) is 2. The number of hydrogen-bond donors (Lipinski definition) is 2. The maximum atomic E-state index is 12.0. The minimum atomic E-state index is -3.43. The Balaban J connectivity index is 1.83. The molecule has 0 saturated carbocycles. The van der Waals surface area contributed by atoms with Crippen LogP contribution in [0, 0.1) is 18.3 Å². The van der Waals surface area contributed by atoms with Crippen LogP contribution in [0.1, 0.15) is 10.6 Å². The van der Waals surface area contributed by atoms with Crippen molar-refractivity contribution < 1.29 is 8.42 Å². The summed E-state index contributed by atoms with van der Waals surface area (Å²) < 4.78 is 26.8. The van der Waals surface area contributed by atoms with E-state index in [4.69, 9.17) is 5.26 Å². The molecule has 0 atom stereocenters. The van der Waals surface area contributed by atoms with E-state index in [-0.39, 0.29) is 6.54 Å². The highest BCUT2D eigenvalue weighted by Gasteiger charge is 2.14. The summed E-state index contributed by atoms with van der Waals surface area (Å²) >= 11 is 1.24. The zero-order valence-electron chi connectivity index (χ0n) is 11.3. The lowest BCUT2D eigenvalue weighted by Gasteiger charge is -2.07. The molecule has 0 unspecified atom stereocenters. The zero-order chi connectivity index (χ0) is 15.3. The number of aromatic nitrogens is 1. The van der Waals surface area contributed by atoms with Gasteiger partial charge in [0.2, 0.25) is 10.0 Å². The molecule has 2 N–H and O–H groups in total. The average molecular weight is 322 g/mol. The molecule has 2 rings (SSSR count). The molecule has 0 fully saturated rings. The smallest absolute Gasteiger partial charge is 0.250 e. The number of sulfonamides is 1. The largest absolute Gasteiger partial charge is 0.382 e. The Labute approximate surface area is 127 Å². The Morgan fingerprint density at radius 3 is 2.67 bits per heavy atom. The number of thiophene rings is 1. The fourth-order valence-electron chi connectivity index (χ4n) is 1.58. The van der Waals surface area contributed by atoms with E-state index in [0.717, 1.165) is 10.6 Å². The van der Waals surface area contributed by atoms with Gasteiger partial charge in [0.25, 0.3) is 0 Å². The Hall–Kier alpha value is -1.95. The van der Waals surface area contributed by atoms with Crippen molar-refractivity contribution in [1.29, 1.82) is 5.26 Å². The van der Waals surface area contributed by atoms with E-state index in [0.29, 0.717) is 16.4 Å². The molecule has 0 radical (unpaired) electrons. The molecule has 0 aliphatic heterocycles. The minimum absolute atomic E-state index is 0.263. The molecule has 6 nitrogen and oxygen atoms in total. The van der Waals surface area contributed by atoms with Gasteiger partial charge in [-0.25, -0.2) is 18.1 Å². The van der Waals surface area contributed by atoms with Crippen LogP contribution in [0.5, 0.6) is 0 Å². The molecule has 2 aromatic heterocycles. The summed E-state index contributed by atoms with van der Waals surface area (Å²) in [5.74, 6) is 0. The predicted octanol–water partition coefficient (Wildman–Crippen LogP) is 1.71. The van der Waals surface area contributed by atoms with Crippen molar-refractivity contribution in [2.45, 2.75) is 11.1 Å². The summed E-state index contributed by atoms with van der Waals surface area (Å²) in [6, 6.07) is 8.63. The van der Waals surface area contributed by atoms with Crippen molar-refractivity contribution in [2.24, 2.45) is 0 Å². The first-order valence-electron chi connectivity index (χ1n) is 6.17. The fourth-order valence-corrected chi connectivity index (χ4v) is 3.94. The van der Waals surface area contributed by atoms with Crippen molar-refractivity contribution in [3.8, 4) is 6.07 Å². The van der Waals surface area contributed by atoms with Gasteiger partial charge in [-0.15, -0.1) is 11.3 Å². The number of rotatable bonds is 6. The van der Waals surface area contributed by atoms with Crippen molar-refractivity contribution in [2.75, 3.05) is 18.4 Å². The van der Waals surface area contributed by atoms with Crippen LogP contribution in [0.3, 0.4) is 0 Å². The van der Waals surface area contributed by atoms with E-state index in [1.54, 1.807) is 24.3 Å². The van der Waals surface area contributed by atoms with Gasteiger partial charge >= 0.3 is 0 Å². The van der Waals surface area contributed by atoms with E-state index in [1.165, 1.54) is 17.5 Å². The van der Waals surface area contributed by atoms with Crippen LogP contribution in [0.2, 0.25) is 0 Å². The SMILES string of the molecule is Cc1ccc(S(=O)(=O)NCCNc2ccc(C#N)nc2)s1. The highest BCUT2D eigenvalue weighted by Crippen LogP contribution is 2.19. The second-order valence-electron chi connectivity index (χ2n) is 4.23. The molecular weight excluding hydrogens is 308 g/mol. The van der Waals surface area contributed by atoms with Gasteiger partial charge < -0.3 is 5.32 Å². The second kappa shape index (κ2) is 6.67. The number of aryl methyl sites for hydroxylation is 1. The maximum absolute atomic E-state index is 12.0. The first kappa shape index (κ1) is 15.4. The molecular formula is C13H14N4O2S2. The standard InChI is InChI=1S/C13H14N4O2S2/c1-10-2-5-13(20-10)21(18,19)17-7-6-15-12-4-3-11(8-14)16-9-12/h2-5,9,15,17H,6-7H2,1H3. The minimum Gasteiger partial charge on any atom is -0.382 e. The van der Waals surface area contributed by atoms with Crippen LogP contribution < -0.4 is 10.0 Å². The third kappa shape index (κ3) is 4.26. The van der Waals surface area contributed by atoms with Gasteiger partial charge in [0, 0.05) is 18.0 Å². The lowest BCUT2D eigenvalue weighted by molar-refractivity contribution is 0.585. The molecule has 0 aromatic carbocycles. The quantitative estimate of drug-likeness (QED) is 0.790. The van der Waals surface area contributed by atoms with Crippen LogP contribution >= 0.6 is 11.3 Å². The van der Waals surface area contributed by atoms with E-state index >= 15 is 0 Å². The lowest BCUT2D eigenvalue weighted by atomic mass is 10.3. The van der Waals surface area contributed by atoms with E-state index in [1.807, 2.05) is 13.0 Å². The summed E-state index contributed by atoms with van der Waals surface area (Å²) in [4.78, 5) is 4.87. The molecule has 0 aliphatic carbocycles. The van der Waals surface area contributed by atoms with E-state index in [9.17, 15) is 8.42 Å². The van der Waals surface area contributed by atoms with Gasteiger partial charge in [0.15, 0.2) is 0 Å². The van der Waals surface area contributed by atoms with Crippen LogP contribution in [-0.4, -0.2) is 26.5 Å². The molecule has 2 heterocycles. The van der Waals surface area contributed by atoms with Crippen molar-refractivity contribution in [3.63, 3.8) is 0 Å². The summed E-state index contributed by atoms with van der Waals surface area (Å²) in [5, 5.41) is 11.7. The van der Waals surface area contributed by atoms with Gasteiger partial charge in [-0.3, -0.25) is 0 Å². The van der Waals surface area contributed by atoms with Crippen LogP contribution in [0.15, 0.2) is 34.7 Å². The number of pyridine rings is 1. The van der Waals surface area contributed by atoms with Crippen LogP contribution in [0.4, 0.5) is 5.69 Å². The van der Waals surface area contributed by atoms with Gasteiger partial charge in [0.1, 0.15) is 16.0 Å². The second-order valence-corrected chi connectivity index (χ2v) is 7.52. The topological polar surface area (TPSA) is 94.9 Å². The third-order valence-electron chi connectivity index (χ3n) is 2.60. The average Bonchev–Trinajstić information content (AvgIpc) is 2.92. The molecule has 0 amide bonds. The van der Waals surface area contributed by atoms with E-state index < -0.39 is 10.0 Å². The van der Waals surface area contributed by atoms with Crippen LogP contribution in [0.25, 0.3) is 0 Å². The van der Waals surface area contributed by atoms with Crippen molar-refractivity contribution in [3.05, 3.63) is 41.0 Å². The normalized spacial score (nSPS) is 11.0. The first-order valence-corrected chi connectivity index (χ1v) is 8.47. The Morgan fingerprint density at radius 2 is 2.10 bits per heavy atom. The van der Waals surface area contributed by atoms with E-state index in [2.05, 4.69) is 15.0 Å². The summed E-state index contributed by atoms with van der Waals surface area (Å²) in [6.07, 6.45) is 1.54. The monoisotopic (exact) mass is 322 g/mol. The van der Waals surface area contributed by atoms with Crippen LogP contribution in [-0.2, 0) is 10.0 Å². The maximum Gasteiger partial charge on any atom is 0.250 e. The van der Waals surface area contributed by atoms with Gasteiger partial charge in [0.05, 0.1) is 11.9 Å². The molecule has 21 heavy (non-hydrogen) atoms. The molecule has 2 aromatic rings. The third-order valence-corrected chi connectivity index (χ3v) is 5.56. The highest BCUT2D eigenvalue weighted by atomic mass is 32.2. The number of anilines is 1. The van der Waals surface area contributed by atoms with Gasteiger partial charge in [-0.05, 0) is 31.2 Å². The number of nitrogens with one attached hydrogen (secondary N) is 2. The van der Waals surface area contributed by atoms with Gasteiger partial charge in [-0.1, -0.05) is 0 Å². The molecule has 0 spiro atoms.